The molecule has 1 amide bonds. The molecule has 0 spiro atoms. The molecule has 2 aromatic carbocycles. The number of benzene rings is 2. The molecule has 1 atom stereocenters. The van der Waals surface area contributed by atoms with Gasteiger partial charge in [-0.25, -0.2) is 0 Å². The molecule has 0 fully saturated rings. The highest BCUT2D eigenvalue weighted by Crippen LogP contribution is 2.32. The molecule has 5 heteroatoms. The van der Waals surface area contributed by atoms with Crippen LogP contribution < -0.4 is 5.32 Å². The lowest BCUT2D eigenvalue weighted by Gasteiger charge is -2.19. The van der Waals surface area contributed by atoms with E-state index in [9.17, 15) is 4.79 Å². The highest BCUT2D eigenvalue weighted by atomic mass is 35.5. The minimum atomic E-state index is -0.0820. The third-order valence-electron chi connectivity index (χ3n) is 4.19. The normalized spacial score (nSPS) is 11.7. The molecule has 3 aromatic rings. The first-order chi connectivity index (χ1) is 12.7. The van der Waals surface area contributed by atoms with E-state index in [2.05, 4.69) is 15.3 Å². The largest absolute Gasteiger partial charge is 0.356 e. The second kappa shape index (κ2) is 9.11. The van der Waals surface area contributed by atoms with Gasteiger partial charge in [0.25, 0.3) is 0 Å². The van der Waals surface area contributed by atoms with Gasteiger partial charge in [0.15, 0.2) is 0 Å². The van der Waals surface area contributed by atoms with Crippen molar-refractivity contribution in [1.29, 1.82) is 0 Å². The Morgan fingerprint density at radius 2 is 1.81 bits per heavy atom. The molecule has 1 aromatic heterocycles. The molecule has 0 saturated carbocycles. The van der Waals surface area contributed by atoms with Crippen LogP contribution in [0.25, 0.3) is 0 Å². The van der Waals surface area contributed by atoms with Crippen molar-refractivity contribution in [3.8, 4) is 0 Å². The van der Waals surface area contributed by atoms with Gasteiger partial charge in [-0.15, -0.1) is 0 Å². The number of hydrogen-bond acceptors (Lipinski definition) is 3. The highest BCUT2D eigenvalue weighted by molar-refractivity contribution is 6.31. The average Bonchev–Trinajstić information content (AvgIpc) is 2.68. The number of amides is 1. The van der Waals surface area contributed by atoms with Crippen LogP contribution in [0, 0.1) is 0 Å². The predicted molar refractivity (Wildman–Crippen MR) is 103 cm³/mol. The van der Waals surface area contributed by atoms with Crippen molar-refractivity contribution in [3.05, 3.63) is 95.0 Å². The lowest BCUT2D eigenvalue weighted by molar-refractivity contribution is -0.121. The van der Waals surface area contributed by atoms with Gasteiger partial charge in [-0.05, 0) is 17.2 Å². The Labute approximate surface area is 158 Å². The van der Waals surface area contributed by atoms with Gasteiger partial charge in [-0.2, -0.15) is 0 Å². The standard InChI is InChI=1S/C21H20ClN3O/c22-20-9-5-4-8-18(20)19(16-6-2-1-3-7-16)14-21(26)25-11-10-17-15-23-12-13-24-17/h1-9,12-13,15,19H,10-11,14H2,(H,25,26)/t19-/m0/s1. The summed E-state index contributed by atoms with van der Waals surface area (Å²) >= 11 is 6.39. The second-order valence-electron chi connectivity index (χ2n) is 5.99. The van der Waals surface area contributed by atoms with Gasteiger partial charge in [0.2, 0.25) is 5.91 Å². The summed E-state index contributed by atoms with van der Waals surface area (Å²) in [6, 6.07) is 17.7. The minimum Gasteiger partial charge on any atom is -0.356 e. The quantitative estimate of drug-likeness (QED) is 0.688. The SMILES string of the molecule is O=C(C[C@@H](c1ccccc1)c1ccccc1Cl)NCCc1cnccn1. The first kappa shape index (κ1) is 18.1. The lowest BCUT2D eigenvalue weighted by Crippen LogP contribution is -2.27. The van der Waals surface area contributed by atoms with Crippen molar-refractivity contribution in [3.63, 3.8) is 0 Å². The zero-order chi connectivity index (χ0) is 18.2. The Hall–Kier alpha value is -2.72. The molecule has 0 unspecified atom stereocenters. The number of carbonyl (C=O) groups is 1. The molecule has 132 valence electrons. The smallest absolute Gasteiger partial charge is 0.220 e. The van der Waals surface area contributed by atoms with Gasteiger partial charge in [0.05, 0.1) is 5.69 Å². The third-order valence-corrected chi connectivity index (χ3v) is 4.54. The maximum absolute atomic E-state index is 12.5. The number of halogens is 1. The van der Waals surface area contributed by atoms with E-state index in [-0.39, 0.29) is 11.8 Å². The van der Waals surface area contributed by atoms with Crippen LogP contribution in [-0.4, -0.2) is 22.4 Å². The number of nitrogens with zero attached hydrogens (tertiary/aromatic N) is 2. The summed E-state index contributed by atoms with van der Waals surface area (Å²) < 4.78 is 0. The number of nitrogens with one attached hydrogen (secondary N) is 1. The number of rotatable bonds is 7. The summed E-state index contributed by atoms with van der Waals surface area (Å²) in [6.07, 6.45) is 5.99. The molecule has 1 N–H and O–H groups in total. The molecular weight excluding hydrogens is 346 g/mol. The van der Waals surface area contributed by atoms with E-state index in [4.69, 9.17) is 11.6 Å². The van der Waals surface area contributed by atoms with E-state index in [1.165, 1.54) is 0 Å². The highest BCUT2D eigenvalue weighted by Gasteiger charge is 2.20. The molecule has 1 heterocycles. The maximum atomic E-state index is 12.5. The van der Waals surface area contributed by atoms with Crippen LogP contribution in [0.5, 0.6) is 0 Å². The number of carbonyl (C=O) groups excluding carboxylic acids is 1. The van der Waals surface area contributed by atoms with E-state index >= 15 is 0 Å². The molecule has 26 heavy (non-hydrogen) atoms. The average molecular weight is 366 g/mol. The number of aromatic nitrogens is 2. The molecular formula is C21H20ClN3O. The van der Waals surface area contributed by atoms with Crippen molar-refractivity contribution < 1.29 is 4.79 Å². The van der Waals surface area contributed by atoms with Crippen LogP contribution in [-0.2, 0) is 11.2 Å². The maximum Gasteiger partial charge on any atom is 0.220 e. The van der Waals surface area contributed by atoms with Crippen LogP contribution in [0.1, 0.15) is 29.2 Å². The topological polar surface area (TPSA) is 54.9 Å². The van der Waals surface area contributed by atoms with E-state index in [0.29, 0.717) is 24.4 Å². The summed E-state index contributed by atoms with van der Waals surface area (Å²) in [6.45, 7) is 0.529. The van der Waals surface area contributed by atoms with E-state index in [1.54, 1.807) is 18.6 Å². The summed E-state index contributed by atoms with van der Waals surface area (Å²) in [4.78, 5) is 20.8. The molecule has 3 rings (SSSR count). The van der Waals surface area contributed by atoms with Gasteiger partial charge in [-0.1, -0.05) is 60.1 Å². The van der Waals surface area contributed by atoms with Crippen molar-refractivity contribution in [1.82, 2.24) is 15.3 Å². The first-order valence-corrected chi connectivity index (χ1v) is 8.93. The van der Waals surface area contributed by atoms with Crippen LogP contribution >= 0.6 is 11.6 Å². The molecule has 0 radical (unpaired) electrons. The van der Waals surface area contributed by atoms with Gasteiger partial charge >= 0.3 is 0 Å². The monoisotopic (exact) mass is 365 g/mol. The van der Waals surface area contributed by atoms with E-state index in [0.717, 1.165) is 16.8 Å². The molecule has 0 saturated heterocycles. The van der Waals surface area contributed by atoms with Crippen LogP contribution in [0.4, 0.5) is 0 Å². The van der Waals surface area contributed by atoms with Crippen molar-refractivity contribution in [2.24, 2.45) is 0 Å². The Balaban J connectivity index is 1.68. The first-order valence-electron chi connectivity index (χ1n) is 8.55. The summed E-state index contributed by atoms with van der Waals surface area (Å²) in [5.74, 6) is -0.0934. The molecule has 0 bridgehead atoms. The predicted octanol–water partition coefficient (Wildman–Crippen LogP) is 4.01. The van der Waals surface area contributed by atoms with Gasteiger partial charge < -0.3 is 5.32 Å². The zero-order valence-corrected chi connectivity index (χ0v) is 15.1. The van der Waals surface area contributed by atoms with E-state index < -0.39 is 0 Å². The van der Waals surface area contributed by atoms with Crippen molar-refractivity contribution in [2.75, 3.05) is 6.54 Å². The zero-order valence-electron chi connectivity index (χ0n) is 14.3. The Morgan fingerprint density at radius 3 is 2.54 bits per heavy atom. The Kier molecular flexibility index (Phi) is 6.34. The van der Waals surface area contributed by atoms with Crippen LogP contribution in [0.2, 0.25) is 5.02 Å². The third kappa shape index (κ3) is 4.90. The van der Waals surface area contributed by atoms with Crippen molar-refractivity contribution in [2.45, 2.75) is 18.8 Å². The Morgan fingerprint density at radius 1 is 1.04 bits per heavy atom. The molecule has 0 aliphatic rings. The number of hydrogen-bond donors (Lipinski definition) is 1. The fraction of sp³-hybridized carbons (Fsp3) is 0.190. The van der Waals surface area contributed by atoms with Crippen LogP contribution in [0.3, 0.4) is 0 Å². The summed E-state index contributed by atoms with van der Waals surface area (Å²) in [7, 11) is 0. The van der Waals surface area contributed by atoms with E-state index in [1.807, 2.05) is 54.6 Å². The minimum absolute atomic E-state index is 0.0114. The fourth-order valence-corrected chi connectivity index (χ4v) is 3.16. The molecule has 4 nitrogen and oxygen atoms in total. The van der Waals surface area contributed by atoms with Gasteiger partial charge in [-0.3, -0.25) is 14.8 Å². The summed E-state index contributed by atoms with van der Waals surface area (Å²) in [5.41, 5.74) is 2.90. The van der Waals surface area contributed by atoms with Gasteiger partial charge in [0.1, 0.15) is 0 Å². The second-order valence-corrected chi connectivity index (χ2v) is 6.39. The molecule has 0 aliphatic heterocycles. The van der Waals surface area contributed by atoms with Crippen LogP contribution in [0.15, 0.2) is 73.2 Å². The van der Waals surface area contributed by atoms with Crippen molar-refractivity contribution >= 4 is 17.5 Å². The fourth-order valence-electron chi connectivity index (χ4n) is 2.90. The van der Waals surface area contributed by atoms with Gasteiger partial charge in [0, 0.05) is 48.9 Å². The molecule has 0 aliphatic carbocycles. The summed E-state index contributed by atoms with van der Waals surface area (Å²) in [5, 5.41) is 3.65. The lowest BCUT2D eigenvalue weighted by atomic mass is 9.88. The Bertz CT molecular complexity index is 840.